The molecule has 1 aromatic rings. The zero-order valence-electron chi connectivity index (χ0n) is 12.2. The lowest BCUT2D eigenvalue weighted by Crippen LogP contribution is -2.33. The van der Waals surface area contributed by atoms with Crippen molar-refractivity contribution in [2.75, 3.05) is 7.11 Å². The number of rotatable bonds is 8. The molecule has 0 heterocycles. The van der Waals surface area contributed by atoms with Crippen LogP contribution in [0.25, 0.3) is 0 Å². The van der Waals surface area contributed by atoms with E-state index in [-0.39, 0.29) is 18.4 Å². The molecule has 0 saturated carbocycles. The lowest BCUT2D eigenvalue weighted by atomic mass is 10.1. The van der Waals surface area contributed by atoms with Crippen molar-refractivity contribution in [3.63, 3.8) is 0 Å². The summed E-state index contributed by atoms with van der Waals surface area (Å²) < 4.78 is 5.07. The van der Waals surface area contributed by atoms with Crippen LogP contribution >= 0.6 is 11.6 Å². The van der Waals surface area contributed by atoms with Crippen molar-refractivity contribution in [1.82, 2.24) is 5.32 Å². The predicted octanol–water partition coefficient (Wildman–Crippen LogP) is 2.65. The maximum atomic E-state index is 11.8. The van der Waals surface area contributed by atoms with E-state index in [0.29, 0.717) is 30.0 Å². The van der Waals surface area contributed by atoms with Crippen LogP contribution in [0.15, 0.2) is 18.2 Å². The van der Waals surface area contributed by atoms with Crippen molar-refractivity contribution in [2.45, 2.75) is 38.6 Å². The highest BCUT2D eigenvalue weighted by molar-refractivity contribution is 6.32. The minimum atomic E-state index is -0.857. The molecule has 2 N–H and O–H groups in total. The number of ether oxygens (including phenoxy) is 1. The molecule has 0 bridgehead atoms. The van der Waals surface area contributed by atoms with Gasteiger partial charge >= 0.3 is 5.97 Å². The fraction of sp³-hybridized carbons (Fsp3) is 0.467. The summed E-state index contributed by atoms with van der Waals surface area (Å²) in [6, 6.07) is 5.27. The summed E-state index contributed by atoms with van der Waals surface area (Å²) in [4.78, 5) is 22.2. The van der Waals surface area contributed by atoms with Gasteiger partial charge in [-0.25, -0.2) is 0 Å². The summed E-state index contributed by atoms with van der Waals surface area (Å²) in [7, 11) is 1.55. The summed E-state index contributed by atoms with van der Waals surface area (Å²) in [6.07, 6.45) is 1.38. The SMILES string of the molecule is COc1ccc(CCC(=O)NC(C)CCC(=O)O)cc1Cl. The van der Waals surface area contributed by atoms with Crippen molar-refractivity contribution in [2.24, 2.45) is 0 Å². The van der Waals surface area contributed by atoms with Gasteiger partial charge in [-0.1, -0.05) is 17.7 Å². The Balaban J connectivity index is 2.39. The van der Waals surface area contributed by atoms with E-state index >= 15 is 0 Å². The van der Waals surface area contributed by atoms with Gasteiger partial charge in [0.15, 0.2) is 0 Å². The molecule has 0 aliphatic heterocycles. The Morgan fingerprint density at radius 1 is 1.38 bits per heavy atom. The second kappa shape index (κ2) is 8.52. The summed E-state index contributed by atoms with van der Waals surface area (Å²) in [6.45, 7) is 1.80. The second-order valence-electron chi connectivity index (χ2n) is 4.87. The molecule has 5 nitrogen and oxygen atoms in total. The molecule has 0 aromatic heterocycles. The van der Waals surface area contributed by atoms with E-state index in [1.165, 1.54) is 0 Å². The second-order valence-corrected chi connectivity index (χ2v) is 5.28. The molecule has 21 heavy (non-hydrogen) atoms. The first kappa shape index (κ1) is 17.3. The van der Waals surface area contributed by atoms with Crippen LogP contribution in [0.2, 0.25) is 5.02 Å². The number of carbonyl (C=O) groups is 2. The minimum absolute atomic E-state index is 0.0511. The molecule has 1 amide bonds. The van der Waals surface area contributed by atoms with E-state index in [1.54, 1.807) is 26.2 Å². The largest absolute Gasteiger partial charge is 0.495 e. The first-order valence-corrected chi connectivity index (χ1v) is 7.13. The van der Waals surface area contributed by atoms with Gasteiger partial charge in [-0.3, -0.25) is 9.59 Å². The van der Waals surface area contributed by atoms with Crippen LogP contribution in [-0.2, 0) is 16.0 Å². The predicted molar refractivity (Wildman–Crippen MR) is 80.8 cm³/mol. The van der Waals surface area contributed by atoms with E-state index in [1.807, 2.05) is 6.07 Å². The molecule has 0 fully saturated rings. The number of carbonyl (C=O) groups excluding carboxylic acids is 1. The lowest BCUT2D eigenvalue weighted by molar-refractivity contribution is -0.137. The number of hydrogen-bond acceptors (Lipinski definition) is 3. The highest BCUT2D eigenvalue weighted by Crippen LogP contribution is 2.25. The molecule has 1 unspecified atom stereocenters. The van der Waals surface area contributed by atoms with Crippen LogP contribution in [0, 0.1) is 0 Å². The third-order valence-electron chi connectivity index (χ3n) is 3.06. The van der Waals surface area contributed by atoms with Crippen LogP contribution < -0.4 is 10.1 Å². The molecule has 0 aliphatic rings. The van der Waals surface area contributed by atoms with E-state index in [2.05, 4.69) is 5.32 Å². The number of amides is 1. The molecule has 1 atom stereocenters. The number of aliphatic carboxylic acids is 1. The summed E-state index contributed by atoms with van der Waals surface area (Å²) in [5.74, 6) is -0.351. The van der Waals surface area contributed by atoms with E-state index in [4.69, 9.17) is 21.4 Å². The van der Waals surface area contributed by atoms with Gasteiger partial charge in [0.1, 0.15) is 5.75 Å². The molecule has 0 aliphatic carbocycles. The fourth-order valence-electron chi connectivity index (χ4n) is 1.88. The molecule has 6 heteroatoms. The van der Waals surface area contributed by atoms with Crippen LogP contribution in [0.5, 0.6) is 5.75 Å². The Labute approximate surface area is 129 Å². The van der Waals surface area contributed by atoms with E-state index in [0.717, 1.165) is 5.56 Å². The normalized spacial score (nSPS) is 11.8. The number of hydrogen-bond donors (Lipinski definition) is 2. The monoisotopic (exact) mass is 313 g/mol. The third-order valence-corrected chi connectivity index (χ3v) is 3.35. The van der Waals surface area contributed by atoms with Crippen molar-refractivity contribution in [3.8, 4) is 5.75 Å². The number of nitrogens with one attached hydrogen (secondary N) is 1. The maximum Gasteiger partial charge on any atom is 0.303 e. The number of halogens is 1. The van der Waals surface area contributed by atoms with Crippen LogP contribution in [0.4, 0.5) is 0 Å². The molecule has 1 aromatic carbocycles. The van der Waals surface area contributed by atoms with Crippen LogP contribution in [0.3, 0.4) is 0 Å². The smallest absolute Gasteiger partial charge is 0.303 e. The zero-order valence-corrected chi connectivity index (χ0v) is 12.9. The zero-order chi connectivity index (χ0) is 15.8. The van der Waals surface area contributed by atoms with E-state index in [9.17, 15) is 9.59 Å². The molecule has 1 rings (SSSR count). The maximum absolute atomic E-state index is 11.8. The fourth-order valence-corrected chi connectivity index (χ4v) is 2.16. The van der Waals surface area contributed by atoms with Gasteiger partial charge < -0.3 is 15.2 Å². The first-order chi connectivity index (χ1) is 9.92. The number of carboxylic acids is 1. The van der Waals surface area contributed by atoms with Crippen molar-refractivity contribution < 1.29 is 19.4 Å². The lowest BCUT2D eigenvalue weighted by Gasteiger charge is -2.13. The van der Waals surface area contributed by atoms with Crippen molar-refractivity contribution in [1.29, 1.82) is 0 Å². The first-order valence-electron chi connectivity index (χ1n) is 6.76. The van der Waals surface area contributed by atoms with Crippen LogP contribution in [-0.4, -0.2) is 30.1 Å². The van der Waals surface area contributed by atoms with Crippen molar-refractivity contribution in [3.05, 3.63) is 28.8 Å². The summed E-state index contributed by atoms with van der Waals surface area (Å²) in [5, 5.41) is 11.9. The standard InChI is InChI=1S/C15H20ClNO4/c1-10(3-8-15(19)20)17-14(18)7-5-11-4-6-13(21-2)12(16)9-11/h4,6,9-10H,3,5,7-8H2,1-2H3,(H,17,18)(H,19,20). The summed E-state index contributed by atoms with van der Waals surface area (Å²) in [5.41, 5.74) is 0.953. The number of methoxy groups -OCH3 is 1. The van der Waals surface area contributed by atoms with Crippen LogP contribution in [0.1, 0.15) is 31.7 Å². The Hall–Kier alpha value is -1.75. The Morgan fingerprint density at radius 2 is 2.10 bits per heavy atom. The van der Waals surface area contributed by atoms with Gasteiger partial charge in [0, 0.05) is 18.9 Å². The van der Waals surface area contributed by atoms with Crippen molar-refractivity contribution >= 4 is 23.5 Å². The minimum Gasteiger partial charge on any atom is -0.495 e. The summed E-state index contributed by atoms with van der Waals surface area (Å²) >= 11 is 6.02. The molecular weight excluding hydrogens is 294 g/mol. The van der Waals surface area contributed by atoms with Gasteiger partial charge in [-0.2, -0.15) is 0 Å². The van der Waals surface area contributed by atoms with Gasteiger partial charge in [-0.15, -0.1) is 0 Å². The Morgan fingerprint density at radius 3 is 2.67 bits per heavy atom. The quantitative estimate of drug-likeness (QED) is 0.773. The average molecular weight is 314 g/mol. The number of aryl methyl sites for hydroxylation is 1. The molecule has 116 valence electrons. The topological polar surface area (TPSA) is 75.6 Å². The molecular formula is C15H20ClNO4. The third kappa shape index (κ3) is 6.49. The highest BCUT2D eigenvalue weighted by atomic mass is 35.5. The Kier molecular flexibility index (Phi) is 7.02. The average Bonchev–Trinajstić information content (AvgIpc) is 2.43. The number of carboxylic acid groups (broad SMARTS) is 1. The number of benzene rings is 1. The molecule has 0 saturated heterocycles. The molecule has 0 spiro atoms. The Bertz CT molecular complexity index is 504. The van der Waals surface area contributed by atoms with E-state index < -0.39 is 5.97 Å². The van der Waals surface area contributed by atoms with Gasteiger partial charge in [0.05, 0.1) is 12.1 Å². The van der Waals surface area contributed by atoms with Gasteiger partial charge in [-0.05, 0) is 37.5 Å². The van der Waals surface area contributed by atoms with Gasteiger partial charge in [0.25, 0.3) is 0 Å². The molecule has 0 radical (unpaired) electrons. The highest BCUT2D eigenvalue weighted by Gasteiger charge is 2.10. The van der Waals surface area contributed by atoms with Gasteiger partial charge in [0.2, 0.25) is 5.91 Å².